The molecule has 31 heavy (non-hydrogen) atoms. The van der Waals surface area contributed by atoms with Crippen molar-refractivity contribution in [2.24, 2.45) is 4.99 Å². The number of amides is 1. The van der Waals surface area contributed by atoms with Gasteiger partial charge in [0.05, 0.1) is 6.61 Å². The van der Waals surface area contributed by atoms with Gasteiger partial charge in [0.25, 0.3) is 5.91 Å². The summed E-state index contributed by atoms with van der Waals surface area (Å²) in [6.07, 6.45) is -3.59. The number of alkyl halides is 3. The van der Waals surface area contributed by atoms with Gasteiger partial charge < -0.3 is 20.7 Å². The summed E-state index contributed by atoms with van der Waals surface area (Å²) >= 11 is 0. The molecule has 0 saturated carbocycles. The van der Waals surface area contributed by atoms with E-state index in [4.69, 9.17) is 0 Å². The van der Waals surface area contributed by atoms with Crippen molar-refractivity contribution in [3.63, 3.8) is 0 Å². The maximum absolute atomic E-state index is 12.1. The zero-order chi connectivity index (χ0) is 22.5. The van der Waals surface area contributed by atoms with E-state index in [1.54, 1.807) is 31.3 Å². The lowest BCUT2D eigenvalue weighted by atomic mass is 10.1. The lowest BCUT2D eigenvalue weighted by molar-refractivity contribution is -0.176. The number of guanidine groups is 1. The molecule has 9 heteroatoms. The second-order valence-corrected chi connectivity index (χ2v) is 6.75. The van der Waals surface area contributed by atoms with Crippen LogP contribution >= 0.6 is 0 Å². The van der Waals surface area contributed by atoms with Crippen LogP contribution in [0.25, 0.3) is 0 Å². The monoisotopic (exact) mass is 436 g/mol. The van der Waals surface area contributed by atoms with E-state index in [9.17, 15) is 18.0 Å². The maximum atomic E-state index is 12.1. The molecule has 0 radical (unpaired) electrons. The number of aliphatic imine (C=N–C) groups is 1. The summed E-state index contributed by atoms with van der Waals surface area (Å²) in [5.41, 5.74) is 2.26. The summed E-state index contributed by atoms with van der Waals surface area (Å²) in [6, 6.07) is 16.2. The summed E-state index contributed by atoms with van der Waals surface area (Å²) < 4.78 is 40.9. The molecule has 0 aromatic heterocycles. The first-order valence-corrected chi connectivity index (χ1v) is 9.87. The van der Waals surface area contributed by atoms with Gasteiger partial charge in [0, 0.05) is 32.2 Å². The average molecular weight is 436 g/mol. The molecule has 1 amide bonds. The van der Waals surface area contributed by atoms with E-state index in [1.165, 1.54) is 0 Å². The van der Waals surface area contributed by atoms with E-state index >= 15 is 0 Å². The summed E-state index contributed by atoms with van der Waals surface area (Å²) in [7, 11) is 1.66. The molecule has 6 nitrogen and oxygen atoms in total. The van der Waals surface area contributed by atoms with Gasteiger partial charge >= 0.3 is 6.18 Å². The van der Waals surface area contributed by atoms with Gasteiger partial charge in [-0.3, -0.25) is 9.79 Å². The highest BCUT2D eigenvalue weighted by Gasteiger charge is 2.27. The molecule has 0 aliphatic heterocycles. The third-order valence-electron chi connectivity index (χ3n) is 4.21. The molecule has 0 saturated heterocycles. The number of rotatable bonds is 10. The molecule has 2 aromatic carbocycles. The number of benzene rings is 2. The maximum Gasteiger partial charge on any atom is 0.411 e. The molecule has 0 bridgehead atoms. The van der Waals surface area contributed by atoms with Crippen LogP contribution in [0.2, 0.25) is 0 Å². The summed E-state index contributed by atoms with van der Waals surface area (Å²) in [4.78, 5) is 16.1. The first-order chi connectivity index (χ1) is 14.9. The highest BCUT2D eigenvalue weighted by atomic mass is 19.4. The van der Waals surface area contributed by atoms with Crippen LogP contribution < -0.4 is 16.0 Å². The van der Waals surface area contributed by atoms with Crippen LogP contribution in [0.15, 0.2) is 59.6 Å². The number of nitrogens with one attached hydrogen (secondary N) is 3. The fourth-order valence-electron chi connectivity index (χ4n) is 2.63. The fraction of sp³-hybridized carbons (Fsp3) is 0.364. The highest BCUT2D eigenvalue weighted by molar-refractivity contribution is 5.94. The second-order valence-electron chi connectivity index (χ2n) is 6.75. The summed E-state index contributed by atoms with van der Waals surface area (Å²) in [5, 5.41) is 9.20. The normalized spacial score (nSPS) is 11.8. The Labute approximate surface area is 179 Å². The van der Waals surface area contributed by atoms with E-state index in [0.717, 1.165) is 12.0 Å². The number of carbonyl (C=O) groups excluding carboxylic acids is 1. The van der Waals surface area contributed by atoms with Gasteiger partial charge in [-0.25, -0.2) is 0 Å². The van der Waals surface area contributed by atoms with Gasteiger partial charge in [-0.2, -0.15) is 13.2 Å². The second kappa shape index (κ2) is 12.6. The largest absolute Gasteiger partial charge is 0.411 e. The molecular weight excluding hydrogens is 409 g/mol. The number of carbonyl (C=O) groups is 1. The summed E-state index contributed by atoms with van der Waals surface area (Å²) in [5.74, 6) is 0.516. The Hall–Kier alpha value is -3.07. The van der Waals surface area contributed by atoms with Crippen LogP contribution in [0.4, 0.5) is 13.2 Å². The zero-order valence-electron chi connectivity index (χ0n) is 17.3. The fourth-order valence-corrected chi connectivity index (χ4v) is 2.63. The summed E-state index contributed by atoms with van der Waals surface area (Å²) in [6.45, 7) is 0.333. The third kappa shape index (κ3) is 9.99. The van der Waals surface area contributed by atoms with E-state index in [0.29, 0.717) is 36.7 Å². The van der Waals surface area contributed by atoms with Gasteiger partial charge in [0.15, 0.2) is 5.96 Å². The Morgan fingerprint density at radius 2 is 1.58 bits per heavy atom. The molecular formula is C22H27F3N4O2. The molecule has 0 atom stereocenters. The van der Waals surface area contributed by atoms with Crippen LogP contribution in [-0.2, 0) is 17.9 Å². The van der Waals surface area contributed by atoms with Gasteiger partial charge in [-0.1, -0.05) is 42.5 Å². The molecule has 0 spiro atoms. The Morgan fingerprint density at radius 1 is 0.935 bits per heavy atom. The van der Waals surface area contributed by atoms with Gasteiger partial charge in [-0.05, 0) is 29.7 Å². The number of hydrogen-bond acceptors (Lipinski definition) is 3. The minimum absolute atomic E-state index is 0.0861. The standard InChI is InChI=1S/C22H27F3N4O2/c1-26-21(28-13-5-12-27-20(30)19-6-3-2-4-7-19)29-14-17-8-10-18(11-9-17)15-31-16-22(23,24)25/h2-4,6-11H,5,12-16H2,1H3,(H,27,30)(H2,26,28,29). The van der Waals surface area contributed by atoms with Crippen molar-refractivity contribution in [2.75, 3.05) is 26.7 Å². The van der Waals surface area contributed by atoms with Crippen molar-refractivity contribution in [1.82, 2.24) is 16.0 Å². The van der Waals surface area contributed by atoms with Crippen LogP contribution in [-0.4, -0.2) is 44.8 Å². The van der Waals surface area contributed by atoms with Crippen LogP contribution in [0.1, 0.15) is 27.9 Å². The Bertz CT molecular complexity index is 825. The van der Waals surface area contributed by atoms with E-state index < -0.39 is 12.8 Å². The van der Waals surface area contributed by atoms with Crippen molar-refractivity contribution < 1.29 is 22.7 Å². The number of halogens is 3. The van der Waals surface area contributed by atoms with E-state index in [-0.39, 0.29) is 12.5 Å². The minimum atomic E-state index is -4.32. The average Bonchev–Trinajstić information content (AvgIpc) is 2.76. The molecule has 0 unspecified atom stereocenters. The van der Waals surface area contributed by atoms with Gasteiger partial charge in [0.1, 0.15) is 6.61 Å². The lowest BCUT2D eigenvalue weighted by Gasteiger charge is -2.13. The van der Waals surface area contributed by atoms with Crippen molar-refractivity contribution in [1.29, 1.82) is 0 Å². The predicted molar refractivity (Wildman–Crippen MR) is 114 cm³/mol. The highest BCUT2D eigenvalue weighted by Crippen LogP contribution is 2.15. The minimum Gasteiger partial charge on any atom is -0.367 e. The SMILES string of the molecule is CN=C(NCCCNC(=O)c1ccccc1)NCc1ccc(COCC(F)(F)F)cc1. The molecule has 0 aliphatic rings. The molecule has 0 aliphatic carbocycles. The topological polar surface area (TPSA) is 74.8 Å². The first-order valence-electron chi connectivity index (χ1n) is 9.87. The Kier molecular flexibility index (Phi) is 9.83. The molecule has 2 rings (SSSR count). The predicted octanol–water partition coefficient (Wildman–Crippen LogP) is 3.25. The van der Waals surface area contributed by atoms with Crippen molar-refractivity contribution in [3.05, 3.63) is 71.3 Å². The van der Waals surface area contributed by atoms with Crippen molar-refractivity contribution >= 4 is 11.9 Å². The molecule has 2 aromatic rings. The van der Waals surface area contributed by atoms with E-state index in [2.05, 4.69) is 25.7 Å². The van der Waals surface area contributed by atoms with Gasteiger partial charge in [0.2, 0.25) is 0 Å². The number of nitrogens with zero attached hydrogens (tertiary/aromatic N) is 1. The smallest absolute Gasteiger partial charge is 0.367 e. The quantitative estimate of drug-likeness (QED) is 0.304. The lowest BCUT2D eigenvalue weighted by Crippen LogP contribution is -2.38. The van der Waals surface area contributed by atoms with Crippen molar-refractivity contribution in [2.45, 2.75) is 25.7 Å². The molecule has 0 heterocycles. The third-order valence-corrected chi connectivity index (χ3v) is 4.21. The number of ether oxygens (including phenoxy) is 1. The zero-order valence-corrected chi connectivity index (χ0v) is 17.3. The van der Waals surface area contributed by atoms with Crippen LogP contribution in [0.5, 0.6) is 0 Å². The Balaban J connectivity index is 1.62. The molecule has 0 fully saturated rings. The number of hydrogen-bond donors (Lipinski definition) is 3. The van der Waals surface area contributed by atoms with Crippen LogP contribution in [0, 0.1) is 0 Å². The molecule has 168 valence electrons. The van der Waals surface area contributed by atoms with Crippen molar-refractivity contribution in [3.8, 4) is 0 Å². The first kappa shape index (κ1) is 24.2. The Morgan fingerprint density at radius 3 is 2.23 bits per heavy atom. The molecule has 3 N–H and O–H groups in total. The van der Waals surface area contributed by atoms with Gasteiger partial charge in [-0.15, -0.1) is 0 Å². The van der Waals surface area contributed by atoms with E-state index in [1.807, 2.05) is 30.3 Å². The van der Waals surface area contributed by atoms with Crippen LogP contribution in [0.3, 0.4) is 0 Å².